The van der Waals surface area contributed by atoms with Gasteiger partial charge in [0.15, 0.2) is 0 Å². The van der Waals surface area contributed by atoms with Crippen molar-refractivity contribution in [2.24, 2.45) is 0 Å². The summed E-state index contributed by atoms with van der Waals surface area (Å²) in [6.07, 6.45) is 3.71. The molecule has 0 aliphatic heterocycles. The van der Waals surface area contributed by atoms with Gasteiger partial charge in [-0.1, -0.05) is 173 Å². The van der Waals surface area contributed by atoms with Gasteiger partial charge in [-0.05, 0) is 74.5 Å². The second-order valence-corrected chi connectivity index (χ2v) is 17.5. The molecule has 0 aliphatic carbocycles. The van der Waals surface area contributed by atoms with Crippen LogP contribution in [0, 0.1) is 6.07 Å². The molecule has 1 N–H and O–H groups in total. The van der Waals surface area contributed by atoms with Crippen molar-refractivity contribution in [3.8, 4) is 78.7 Å². The van der Waals surface area contributed by atoms with E-state index in [1.54, 1.807) is 0 Å². The minimum Gasteiger partial charge on any atom is -0.507 e. The van der Waals surface area contributed by atoms with Crippen LogP contribution in [-0.4, -0.2) is 24.6 Å². The van der Waals surface area contributed by atoms with Crippen LogP contribution in [0.3, 0.4) is 0 Å². The number of fused-ring (bicyclic) bond motifs is 1. The Labute approximate surface area is 373 Å². The average Bonchev–Trinajstić information content (AvgIpc) is 3.66. The molecule has 0 fully saturated rings. The van der Waals surface area contributed by atoms with E-state index in [2.05, 4.69) is 180 Å². The van der Waals surface area contributed by atoms with Crippen LogP contribution in [0.1, 0.15) is 52.7 Å². The van der Waals surface area contributed by atoms with E-state index in [9.17, 15) is 5.11 Å². The zero-order valence-electron chi connectivity index (χ0n) is 35.2. The Hall–Kier alpha value is -6.42. The molecule has 61 heavy (non-hydrogen) atoms. The predicted octanol–water partition coefficient (Wildman–Crippen LogP) is 13.9. The molecule has 3 heterocycles. The Kier molecular flexibility index (Phi) is 11.2. The van der Waals surface area contributed by atoms with Crippen LogP contribution >= 0.6 is 0 Å². The van der Waals surface area contributed by atoms with Crippen molar-refractivity contribution in [3.63, 3.8) is 0 Å². The molecule has 0 amide bonds. The molecule has 3 aromatic heterocycles. The number of rotatable bonds is 7. The number of phenols is 1. The summed E-state index contributed by atoms with van der Waals surface area (Å²) < 4.78 is 2.17. The van der Waals surface area contributed by atoms with Crippen LogP contribution in [0.15, 0.2) is 170 Å². The molecule has 9 aromatic rings. The van der Waals surface area contributed by atoms with E-state index in [-0.39, 0.29) is 37.6 Å². The minimum absolute atomic E-state index is 0. The van der Waals surface area contributed by atoms with E-state index in [4.69, 9.17) is 15.0 Å². The molecule has 0 saturated carbocycles. The van der Waals surface area contributed by atoms with E-state index in [1.165, 1.54) is 0 Å². The molecule has 0 radical (unpaired) electrons. The van der Waals surface area contributed by atoms with Gasteiger partial charge in [0.05, 0.1) is 16.6 Å². The van der Waals surface area contributed by atoms with Gasteiger partial charge in [-0.25, -0.2) is 4.98 Å². The molecule has 0 spiro atoms. The van der Waals surface area contributed by atoms with Crippen molar-refractivity contribution in [1.29, 1.82) is 0 Å². The van der Waals surface area contributed by atoms with E-state index >= 15 is 0 Å². The van der Waals surface area contributed by atoms with Gasteiger partial charge >= 0.3 is 0 Å². The topological polar surface area (TPSA) is 63.8 Å². The van der Waals surface area contributed by atoms with Gasteiger partial charge in [-0.15, -0.1) is 18.2 Å². The molecule has 0 unspecified atom stereocenters. The molecule has 0 bridgehead atoms. The first-order valence-electron chi connectivity index (χ1n) is 20.5. The maximum atomic E-state index is 12.3. The van der Waals surface area contributed by atoms with Gasteiger partial charge in [0.25, 0.3) is 0 Å². The number of hydrogen-bond donors (Lipinski definition) is 1. The van der Waals surface area contributed by atoms with Crippen molar-refractivity contribution in [2.45, 2.75) is 52.4 Å². The van der Waals surface area contributed by atoms with Gasteiger partial charge in [0.1, 0.15) is 11.6 Å². The summed E-state index contributed by atoms with van der Waals surface area (Å²) in [5, 5.41) is 12.3. The molecule has 0 aliphatic rings. The molecular formula is C55H47N4OPt-. The van der Waals surface area contributed by atoms with E-state index < -0.39 is 0 Å². The third-order valence-electron chi connectivity index (χ3n) is 11.2. The van der Waals surface area contributed by atoms with Crippen LogP contribution < -0.4 is 0 Å². The fourth-order valence-corrected chi connectivity index (χ4v) is 7.93. The number of imidazole rings is 1. The fraction of sp³-hybridized carbons (Fsp3) is 0.145. The summed E-state index contributed by atoms with van der Waals surface area (Å²) in [5.41, 5.74) is 14.3. The first-order valence-corrected chi connectivity index (χ1v) is 20.5. The van der Waals surface area contributed by atoms with Crippen molar-refractivity contribution in [3.05, 3.63) is 187 Å². The molecule has 304 valence electrons. The van der Waals surface area contributed by atoms with Gasteiger partial charge in [-0.3, -0.25) is 14.5 Å². The van der Waals surface area contributed by atoms with Gasteiger partial charge in [0.2, 0.25) is 0 Å². The molecule has 6 aromatic carbocycles. The Balaban J connectivity index is 0.00000514. The summed E-state index contributed by atoms with van der Waals surface area (Å²) >= 11 is 0. The van der Waals surface area contributed by atoms with E-state index in [1.807, 2.05) is 42.7 Å². The first-order chi connectivity index (χ1) is 28.9. The summed E-state index contributed by atoms with van der Waals surface area (Å²) in [7, 11) is 0. The minimum atomic E-state index is -0.327. The summed E-state index contributed by atoms with van der Waals surface area (Å²) in [5.74, 6) is 0.861. The molecule has 0 atom stereocenters. The second kappa shape index (κ2) is 16.6. The number of nitrogens with zero attached hydrogens (tertiary/aromatic N) is 4. The smallest absolute Gasteiger partial charge is 0.148 e. The van der Waals surface area contributed by atoms with Gasteiger partial charge < -0.3 is 5.11 Å². The number of aromatic hydroxyl groups is 1. The van der Waals surface area contributed by atoms with Crippen molar-refractivity contribution in [2.75, 3.05) is 0 Å². The number of benzene rings is 6. The Morgan fingerprint density at radius 2 is 1.10 bits per heavy atom. The Bertz CT molecular complexity index is 3000. The predicted molar refractivity (Wildman–Crippen MR) is 247 cm³/mol. The van der Waals surface area contributed by atoms with Crippen LogP contribution in [0.2, 0.25) is 0 Å². The van der Waals surface area contributed by atoms with Crippen molar-refractivity contribution in [1.82, 2.24) is 19.5 Å². The maximum Gasteiger partial charge on any atom is 0.148 e. The van der Waals surface area contributed by atoms with Crippen LogP contribution in [0.4, 0.5) is 0 Å². The van der Waals surface area contributed by atoms with Crippen LogP contribution in [0.25, 0.3) is 84.0 Å². The summed E-state index contributed by atoms with van der Waals surface area (Å²) in [4.78, 5) is 15.4. The second-order valence-electron chi connectivity index (χ2n) is 17.5. The largest absolute Gasteiger partial charge is 0.507 e. The Morgan fingerprint density at radius 3 is 1.72 bits per heavy atom. The zero-order valence-corrected chi connectivity index (χ0v) is 37.5. The number of hydrogen-bond acceptors (Lipinski definition) is 4. The number of aromatic nitrogens is 4. The summed E-state index contributed by atoms with van der Waals surface area (Å²) in [6.45, 7) is 13.1. The van der Waals surface area contributed by atoms with Crippen LogP contribution in [0.5, 0.6) is 5.75 Å². The molecular weight excluding hydrogens is 928 g/mol. The molecule has 6 heteroatoms. The quantitative estimate of drug-likeness (QED) is 0.162. The van der Waals surface area contributed by atoms with Crippen LogP contribution in [-0.2, 0) is 31.9 Å². The summed E-state index contributed by atoms with van der Waals surface area (Å²) in [6, 6.07) is 58.2. The number of pyridine rings is 2. The average molecular weight is 975 g/mol. The van der Waals surface area contributed by atoms with E-state index in [0.717, 1.165) is 72.5 Å². The van der Waals surface area contributed by atoms with Gasteiger partial charge in [-0.2, -0.15) is 0 Å². The van der Waals surface area contributed by atoms with Crippen molar-refractivity contribution < 1.29 is 26.2 Å². The third kappa shape index (κ3) is 8.23. The zero-order chi connectivity index (χ0) is 41.6. The third-order valence-corrected chi connectivity index (χ3v) is 11.2. The van der Waals surface area contributed by atoms with Gasteiger partial charge in [0, 0.05) is 56.1 Å². The fourth-order valence-electron chi connectivity index (χ4n) is 7.93. The SMILES string of the molecule is CC(C)(C)c1cc(-c2nc3c(-c4[c-]c(-c5cc(-c6ccccc6)ccn5)cc(-c5ccccc5)c4)nccc3n2-c2cccc(-c3ccccc3)c2)c(O)c(C(C)(C)C)c1.[Pt]. The molecule has 5 nitrogen and oxygen atoms in total. The normalized spacial score (nSPS) is 11.7. The maximum absolute atomic E-state index is 12.3. The monoisotopic (exact) mass is 974 g/mol. The standard InChI is InChI=1S/C55H47N4O.Pt/c1-54(2,3)44-34-46(52(60)47(35-44)55(4,5)6)53-58-51-49(59(53)45-24-16-23-39(32-45)36-17-10-7-11-18-36)26-28-57-50(51)43-30-41(38-21-14-9-15-22-38)29-42(31-43)48-33-40(25-27-56-48)37-19-12-8-13-20-37;/h7-30,32-35,60H,1-6H3;/q-1;. The number of phenolic OH excluding ortho intramolecular Hbond substituents is 1. The molecule has 9 rings (SSSR count). The van der Waals surface area contributed by atoms with Crippen molar-refractivity contribution >= 4 is 11.0 Å². The van der Waals surface area contributed by atoms with E-state index in [0.29, 0.717) is 22.6 Å². The Morgan fingerprint density at radius 1 is 0.525 bits per heavy atom. The first kappa shape index (κ1) is 41.3. The molecule has 0 saturated heterocycles.